The fourth-order valence-electron chi connectivity index (χ4n) is 3.27. The van der Waals surface area contributed by atoms with Crippen LogP contribution in [-0.4, -0.2) is 46.4 Å². The van der Waals surface area contributed by atoms with Gasteiger partial charge in [-0.3, -0.25) is 0 Å². The fourth-order valence-corrected chi connectivity index (χ4v) is 3.65. The van der Waals surface area contributed by atoms with E-state index in [1.165, 1.54) is 5.01 Å². The van der Waals surface area contributed by atoms with E-state index in [9.17, 15) is 14.8 Å². The minimum Gasteiger partial charge on any atom is -0.446 e. The molecule has 1 aliphatic carbocycles. The number of rotatable bonds is 5. The van der Waals surface area contributed by atoms with E-state index >= 15 is 0 Å². The van der Waals surface area contributed by atoms with Gasteiger partial charge in [0.1, 0.15) is 0 Å². The minimum atomic E-state index is -0.737. The number of carbonyl (C=O) groups excluding carboxylic acids is 2. The molecule has 2 atom stereocenters. The molecule has 1 aliphatic rings. The highest BCUT2D eigenvalue weighted by Gasteiger charge is 2.37. The standard InChI is InChI=1S/C21H28BrN3O5/c1-12(2)29-20(26)23-25(21(27)30-13(3)4)19-8-6-7-17(19)18-11-15(22)9-10-16(18)14(5)24-28/h6-7,9-13,17,19,28H,8H2,1-5H3,(H,23,26)/b24-14+/t17-,19+/m1/s1. The lowest BCUT2D eigenvalue weighted by atomic mass is 9.88. The molecule has 0 aromatic heterocycles. The third kappa shape index (κ3) is 5.98. The Balaban J connectivity index is 2.43. The van der Waals surface area contributed by atoms with Crippen molar-refractivity contribution in [2.24, 2.45) is 5.16 Å². The van der Waals surface area contributed by atoms with Gasteiger partial charge in [0.25, 0.3) is 0 Å². The van der Waals surface area contributed by atoms with Gasteiger partial charge < -0.3 is 14.7 Å². The second-order valence-electron chi connectivity index (χ2n) is 7.54. The van der Waals surface area contributed by atoms with Crippen molar-refractivity contribution in [3.63, 3.8) is 0 Å². The van der Waals surface area contributed by atoms with Crippen LogP contribution < -0.4 is 5.43 Å². The summed E-state index contributed by atoms with van der Waals surface area (Å²) in [6.07, 6.45) is 2.29. The number of hydrogen-bond donors (Lipinski definition) is 2. The predicted molar refractivity (Wildman–Crippen MR) is 117 cm³/mol. The lowest BCUT2D eigenvalue weighted by molar-refractivity contribution is 0.0305. The lowest BCUT2D eigenvalue weighted by Crippen LogP contribution is -2.54. The molecule has 0 heterocycles. The van der Waals surface area contributed by atoms with Gasteiger partial charge in [0.2, 0.25) is 0 Å². The molecule has 8 nitrogen and oxygen atoms in total. The van der Waals surface area contributed by atoms with E-state index in [2.05, 4.69) is 26.5 Å². The van der Waals surface area contributed by atoms with Crippen LogP contribution in [0.15, 0.2) is 40.0 Å². The Hall–Kier alpha value is -2.55. The first-order chi connectivity index (χ1) is 14.1. The van der Waals surface area contributed by atoms with Crippen LogP contribution in [0.4, 0.5) is 9.59 Å². The van der Waals surface area contributed by atoms with Gasteiger partial charge in [0.05, 0.1) is 24.0 Å². The first-order valence-corrected chi connectivity index (χ1v) is 10.6. The quantitative estimate of drug-likeness (QED) is 0.268. The largest absolute Gasteiger partial charge is 0.446 e. The molecule has 0 unspecified atom stereocenters. The molecule has 0 spiro atoms. The predicted octanol–water partition coefficient (Wildman–Crippen LogP) is 4.96. The molecule has 2 amide bonds. The molecule has 2 rings (SSSR count). The number of hydrogen-bond acceptors (Lipinski definition) is 6. The summed E-state index contributed by atoms with van der Waals surface area (Å²) in [4.78, 5) is 25.1. The third-order valence-corrected chi connectivity index (χ3v) is 4.96. The maximum atomic E-state index is 12.8. The molecule has 0 saturated carbocycles. The normalized spacial score (nSPS) is 18.6. The Morgan fingerprint density at radius 1 is 1.23 bits per heavy atom. The van der Waals surface area contributed by atoms with Crippen molar-refractivity contribution in [1.82, 2.24) is 10.4 Å². The molecule has 0 radical (unpaired) electrons. The molecule has 2 N–H and O–H groups in total. The molecule has 0 fully saturated rings. The number of amides is 2. The fraction of sp³-hybridized carbons (Fsp3) is 0.476. The van der Waals surface area contributed by atoms with Crippen LogP contribution in [0.25, 0.3) is 0 Å². The Morgan fingerprint density at radius 2 is 1.90 bits per heavy atom. The van der Waals surface area contributed by atoms with E-state index in [4.69, 9.17) is 9.47 Å². The molecule has 1 aromatic carbocycles. The van der Waals surface area contributed by atoms with E-state index in [1.54, 1.807) is 34.6 Å². The zero-order valence-electron chi connectivity index (χ0n) is 17.8. The van der Waals surface area contributed by atoms with E-state index in [0.717, 1.165) is 15.6 Å². The van der Waals surface area contributed by atoms with E-state index in [-0.39, 0.29) is 18.1 Å². The van der Waals surface area contributed by atoms with Crippen molar-refractivity contribution in [2.75, 3.05) is 0 Å². The number of hydrazine groups is 1. The summed E-state index contributed by atoms with van der Waals surface area (Å²) < 4.78 is 11.4. The van der Waals surface area contributed by atoms with Crippen molar-refractivity contribution >= 4 is 33.8 Å². The molecular formula is C21H28BrN3O5. The Bertz CT molecular complexity index is 838. The van der Waals surface area contributed by atoms with Crippen LogP contribution in [0.2, 0.25) is 0 Å². The van der Waals surface area contributed by atoms with Crippen LogP contribution in [0, 0.1) is 0 Å². The molecule has 0 aliphatic heterocycles. The summed E-state index contributed by atoms with van der Waals surface area (Å²) in [6, 6.07) is 5.16. The van der Waals surface area contributed by atoms with Gasteiger partial charge in [-0.2, -0.15) is 0 Å². The second-order valence-corrected chi connectivity index (χ2v) is 8.46. The van der Waals surface area contributed by atoms with Crippen LogP contribution in [0.1, 0.15) is 58.1 Å². The average molecular weight is 482 g/mol. The van der Waals surface area contributed by atoms with Gasteiger partial charge >= 0.3 is 12.2 Å². The van der Waals surface area contributed by atoms with E-state index < -0.39 is 18.2 Å². The first kappa shape index (κ1) is 23.7. The van der Waals surface area contributed by atoms with Crippen LogP contribution >= 0.6 is 15.9 Å². The monoisotopic (exact) mass is 481 g/mol. The molecule has 1 aromatic rings. The Kier molecular flexibility index (Phi) is 8.28. The zero-order valence-corrected chi connectivity index (χ0v) is 19.3. The Labute approximate surface area is 185 Å². The summed E-state index contributed by atoms with van der Waals surface area (Å²) in [5.41, 5.74) is 4.57. The SMILES string of the molecule is C/C(=N\O)c1ccc(Br)cc1[C@H]1C=CC[C@@H]1N(NC(=O)OC(C)C)C(=O)OC(C)C. The minimum absolute atomic E-state index is 0.270. The number of nitrogens with one attached hydrogen (secondary N) is 1. The van der Waals surface area contributed by atoms with Crippen molar-refractivity contribution < 1.29 is 24.3 Å². The Morgan fingerprint density at radius 3 is 2.50 bits per heavy atom. The number of halogens is 1. The van der Waals surface area contributed by atoms with Crippen LogP contribution in [0.3, 0.4) is 0 Å². The number of benzene rings is 1. The summed E-state index contributed by atoms with van der Waals surface area (Å²) in [5, 5.41) is 13.8. The molecule has 30 heavy (non-hydrogen) atoms. The number of ether oxygens (including phenoxy) is 2. The maximum Gasteiger partial charge on any atom is 0.429 e. The topological polar surface area (TPSA) is 100 Å². The molecule has 0 bridgehead atoms. The number of oxime groups is 1. The van der Waals surface area contributed by atoms with Gasteiger partial charge in [-0.05, 0) is 58.7 Å². The third-order valence-electron chi connectivity index (χ3n) is 4.47. The summed E-state index contributed by atoms with van der Waals surface area (Å²) in [7, 11) is 0. The lowest BCUT2D eigenvalue weighted by Gasteiger charge is -2.33. The number of carbonyl (C=O) groups is 2. The van der Waals surface area contributed by atoms with Gasteiger partial charge in [-0.25, -0.2) is 20.0 Å². The second kappa shape index (κ2) is 10.5. The smallest absolute Gasteiger partial charge is 0.429 e. The van der Waals surface area contributed by atoms with Gasteiger partial charge in [-0.1, -0.05) is 39.3 Å². The summed E-state index contributed by atoms with van der Waals surface area (Å²) in [5.74, 6) is -0.270. The van der Waals surface area contributed by atoms with E-state index in [1.807, 2.05) is 30.4 Å². The highest BCUT2D eigenvalue weighted by Crippen LogP contribution is 2.36. The zero-order chi connectivity index (χ0) is 22.4. The first-order valence-electron chi connectivity index (χ1n) is 9.76. The van der Waals surface area contributed by atoms with E-state index in [0.29, 0.717) is 12.1 Å². The average Bonchev–Trinajstić information content (AvgIpc) is 3.13. The van der Waals surface area contributed by atoms with Gasteiger partial charge in [-0.15, -0.1) is 0 Å². The summed E-state index contributed by atoms with van der Waals surface area (Å²) in [6.45, 7) is 8.62. The van der Waals surface area contributed by atoms with Crippen molar-refractivity contribution in [1.29, 1.82) is 0 Å². The van der Waals surface area contributed by atoms with Crippen molar-refractivity contribution in [3.8, 4) is 0 Å². The van der Waals surface area contributed by atoms with Crippen molar-refractivity contribution in [3.05, 3.63) is 46.0 Å². The van der Waals surface area contributed by atoms with Crippen LogP contribution in [0.5, 0.6) is 0 Å². The summed E-state index contributed by atoms with van der Waals surface area (Å²) >= 11 is 3.48. The highest BCUT2D eigenvalue weighted by molar-refractivity contribution is 9.10. The maximum absolute atomic E-state index is 12.8. The molecule has 164 valence electrons. The highest BCUT2D eigenvalue weighted by atomic mass is 79.9. The van der Waals surface area contributed by atoms with Gasteiger partial charge in [0, 0.05) is 16.0 Å². The molecule has 0 saturated heterocycles. The van der Waals surface area contributed by atoms with Crippen molar-refractivity contribution in [2.45, 2.75) is 65.2 Å². The molecular weight excluding hydrogens is 454 g/mol. The van der Waals surface area contributed by atoms with Crippen LogP contribution in [-0.2, 0) is 9.47 Å². The molecule has 9 heteroatoms. The number of nitrogens with zero attached hydrogens (tertiary/aromatic N) is 2. The van der Waals surface area contributed by atoms with Gasteiger partial charge in [0.15, 0.2) is 0 Å².